The van der Waals surface area contributed by atoms with Gasteiger partial charge in [-0.15, -0.1) is 0 Å². The first-order chi connectivity index (χ1) is 10.4. The number of non-ortho nitro benzene ring substituents is 1. The lowest BCUT2D eigenvalue weighted by atomic mass is 9.82. The third kappa shape index (κ3) is 2.09. The van der Waals surface area contributed by atoms with Gasteiger partial charge in [0, 0.05) is 12.1 Å². The standard InChI is InChI=1S/C15H13FN2O4/c1-8-2-4-10-11(6-8)15(20)17(14(10)19)13-7-9(18(21)22)3-5-12(13)16/h2-3,5,7,10-11H,4,6H2,1H3/t10-,11+/m1/s1. The molecule has 2 aliphatic rings. The van der Waals surface area contributed by atoms with Crippen molar-refractivity contribution in [3.8, 4) is 0 Å². The van der Waals surface area contributed by atoms with Gasteiger partial charge in [0.2, 0.25) is 11.8 Å². The molecule has 22 heavy (non-hydrogen) atoms. The van der Waals surface area contributed by atoms with Gasteiger partial charge in [0.05, 0.1) is 22.4 Å². The molecule has 0 aromatic heterocycles. The van der Waals surface area contributed by atoms with Crippen LogP contribution in [0.5, 0.6) is 0 Å². The molecule has 6 nitrogen and oxygen atoms in total. The molecule has 0 spiro atoms. The Kier molecular flexibility index (Phi) is 3.27. The van der Waals surface area contributed by atoms with Gasteiger partial charge in [-0.2, -0.15) is 0 Å². The second kappa shape index (κ2) is 5.01. The van der Waals surface area contributed by atoms with Gasteiger partial charge in [-0.3, -0.25) is 19.7 Å². The fraction of sp³-hybridized carbons (Fsp3) is 0.333. The normalized spacial score (nSPS) is 24.3. The predicted octanol–water partition coefficient (Wildman–Crippen LogP) is 2.58. The minimum Gasteiger partial charge on any atom is -0.274 e. The molecule has 1 saturated heterocycles. The van der Waals surface area contributed by atoms with E-state index in [0.717, 1.165) is 28.7 Å². The Balaban J connectivity index is 2.03. The van der Waals surface area contributed by atoms with E-state index in [1.54, 1.807) is 0 Å². The zero-order valence-electron chi connectivity index (χ0n) is 11.8. The fourth-order valence-electron chi connectivity index (χ4n) is 3.06. The van der Waals surface area contributed by atoms with Crippen LogP contribution < -0.4 is 4.90 Å². The number of benzene rings is 1. The maximum absolute atomic E-state index is 14.0. The van der Waals surface area contributed by atoms with Crippen LogP contribution in [0.2, 0.25) is 0 Å². The number of nitro groups is 1. The Morgan fingerprint density at radius 2 is 1.95 bits per heavy atom. The molecule has 1 aromatic carbocycles. The van der Waals surface area contributed by atoms with E-state index in [4.69, 9.17) is 0 Å². The molecule has 0 radical (unpaired) electrons. The Morgan fingerprint density at radius 1 is 1.27 bits per heavy atom. The molecule has 3 rings (SSSR count). The molecular weight excluding hydrogens is 291 g/mol. The highest BCUT2D eigenvalue weighted by Gasteiger charge is 2.49. The predicted molar refractivity (Wildman–Crippen MR) is 75.5 cm³/mol. The third-order valence-corrected chi connectivity index (χ3v) is 4.20. The molecule has 0 unspecified atom stereocenters. The highest BCUT2D eigenvalue weighted by molar-refractivity contribution is 6.22. The van der Waals surface area contributed by atoms with E-state index in [1.165, 1.54) is 0 Å². The first-order valence-corrected chi connectivity index (χ1v) is 6.87. The van der Waals surface area contributed by atoms with Crippen LogP contribution >= 0.6 is 0 Å². The van der Waals surface area contributed by atoms with Gasteiger partial charge in [0.25, 0.3) is 5.69 Å². The zero-order valence-corrected chi connectivity index (χ0v) is 11.8. The molecule has 2 amide bonds. The van der Waals surface area contributed by atoms with Crippen molar-refractivity contribution in [2.75, 3.05) is 4.90 Å². The number of anilines is 1. The van der Waals surface area contributed by atoms with Crippen molar-refractivity contribution in [3.05, 3.63) is 45.8 Å². The fourth-order valence-corrected chi connectivity index (χ4v) is 3.06. The summed E-state index contributed by atoms with van der Waals surface area (Å²) in [6.45, 7) is 1.88. The minimum atomic E-state index is -0.823. The van der Waals surface area contributed by atoms with Crippen molar-refractivity contribution in [2.24, 2.45) is 11.8 Å². The van der Waals surface area contributed by atoms with Crippen LogP contribution in [-0.4, -0.2) is 16.7 Å². The maximum Gasteiger partial charge on any atom is 0.271 e. The monoisotopic (exact) mass is 304 g/mol. The van der Waals surface area contributed by atoms with Gasteiger partial charge in [-0.05, 0) is 25.8 Å². The summed E-state index contributed by atoms with van der Waals surface area (Å²) in [6.07, 6.45) is 2.80. The molecule has 1 aliphatic heterocycles. The number of hydrogen-bond acceptors (Lipinski definition) is 4. The molecule has 0 bridgehead atoms. The van der Waals surface area contributed by atoms with Gasteiger partial charge in [0.15, 0.2) is 0 Å². The van der Waals surface area contributed by atoms with Crippen molar-refractivity contribution >= 4 is 23.2 Å². The molecule has 114 valence electrons. The molecule has 0 N–H and O–H groups in total. The van der Waals surface area contributed by atoms with Gasteiger partial charge < -0.3 is 0 Å². The average Bonchev–Trinajstić information content (AvgIpc) is 2.71. The molecule has 1 aromatic rings. The van der Waals surface area contributed by atoms with Gasteiger partial charge >= 0.3 is 0 Å². The van der Waals surface area contributed by atoms with E-state index in [0.29, 0.717) is 12.8 Å². The lowest BCUT2D eigenvalue weighted by molar-refractivity contribution is -0.384. The average molecular weight is 304 g/mol. The number of rotatable bonds is 2. The van der Waals surface area contributed by atoms with Crippen LogP contribution in [0.15, 0.2) is 29.8 Å². The zero-order chi connectivity index (χ0) is 16.0. The summed E-state index contributed by atoms with van der Waals surface area (Å²) < 4.78 is 14.0. The lowest BCUT2D eigenvalue weighted by Crippen LogP contribution is -2.31. The SMILES string of the molecule is CC1=CC[C@H]2C(=O)N(c3cc([N+](=O)[O-])ccc3F)C(=O)[C@H]2C1. The van der Waals surface area contributed by atoms with Crippen LogP contribution in [-0.2, 0) is 9.59 Å². The maximum atomic E-state index is 14.0. The summed E-state index contributed by atoms with van der Waals surface area (Å²) in [7, 11) is 0. The highest BCUT2D eigenvalue weighted by atomic mass is 19.1. The Hall–Kier alpha value is -2.57. The van der Waals surface area contributed by atoms with Crippen LogP contribution in [0.1, 0.15) is 19.8 Å². The Bertz CT molecular complexity index is 728. The minimum absolute atomic E-state index is 0.337. The second-order valence-corrected chi connectivity index (χ2v) is 5.61. The molecule has 1 fully saturated rings. The first kappa shape index (κ1) is 14.4. The van der Waals surface area contributed by atoms with Gasteiger partial charge in [-0.1, -0.05) is 11.6 Å². The quantitative estimate of drug-likeness (QED) is 0.364. The first-order valence-electron chi connectivity index (χ1n) is 6.87. The Labute approximate surface area is 125 Å². The lowest BCUT2D eigenvalue weighted by Gasteiger charge is -2.18. The molecule has 0 saturated carbocycles. The van der Waals surface area contributed by atoms with Crippen molar-refractivity contribution in [3.63, 3.8) is 0 Å². The van der Waals surface area contributed by atoms with Gasteiger partial charge in [-0.25, -0.2) is 9.29 Å². The molecule has 1 aliphatic carbocycles. The summed E-state index contributed by atoms with van der Waals surface area (Å²) >= 11 is 0. The number of amides is 2. The number of allylic oxidation sites excluding steroid dienone is 2. The van der Waals surface area contributed by atoms with Crippen LogP contribution in [0.3, 0.4) is 0 Å². The molecule has 2 atom stereocenters. The molecule has 7 heteroatoms. The molecular formula is C15H13FN2O4. The third-order valence-electron chi connectivity index (χ3n) is 4.20. The smallest absolute Gasteiger partial charge is 0.271 e. The van der Waals surface area contributed by atoms with Crippen LogP contribution in [0.4, 0.5) is 15.8 Å². The largest absolute Gasteiger partial charge is 0.274 e. The molecule has 1 heterocycles. The van der Waals surface area contributed by atoms with Crippen LogP contribution in [0, 0.1) is 27.8 Å². The number of halogens is 1. The van der Waals surface area contributed by atoms with E-state index in [2.05, 4.69) is 0 Å². The topological polar surface area (TPSA) is 80.5 Å². The van der Waals surface area contributed by atoms with E-state index in [9.17, 15) is 24.1 Å². The van der Waals surface area contributed by atoms with Gasteiger partial charge in [0.1, 0.15) is 5.82 Å². The number of hydrogen-bond donors (Lipinski definition) is 0. The van der Waals surface area contributed by atoms with Crippen molar-refractivity contribution in [2.45, 2.75) is 19.8 Å². The van der Waals surface area contributed by atoms with E-state index < -0.39 is 34.4 Å². The van der Waals surface area contributed by atoms with Crippen LogP contribution in [0.25, 0.3) is 0 Å². The number of nitrogens with zero attached hydrogens (tertiary/aromatic N) is 2. The Morgan fingerprint density at radius 3 is 2.64 bits per heavy atom. The highest BCUT2D eigenvalue weighted by Crippen LogP contribution is 2.40. The number of carbonyl (C=O) groups is 2. The van der Waals surface area contributed by atoms with Crippen molar-refractivity contribution in [1.29, 1.82) is 0 Å². The van der Waals surface area contributed by atoms with Crippen molar-refractivity contribution < 1.29 is 18.9 Å². The van der Waals surface area contributed by atoms with E-state index in [-0.39, 0.29) is 11.4 Å². The van der Waals surface area contributed by atoms with E-state index in [1.807, 2.05) is 13.0 Å². The van der Waals surface area contributed by atoms with Crippen molar-refractivity contribution in [1.82, 2.24) is 0 Å². The summed E-state index contributed by atoms with van der Waals surface area (Å²) in [6, 6.07) is 2.84. The summed E-state index contributed by atoms with van der Waals surface area (Å²) in [5.74, 6) is -2.80. The number of fused-ring (bicyclic) bond motifs is 1. The summed E-state index contributed by atoms with van der Waals surface area (Å²) in [4.78, 5) is 35.8. The summed E-state index contributed by atoms with van der Waals surface area (Å²) in [5, 5.41) is 10.8. The van der Waals surface area contributed by atoms with E-state index >= 15 is 0 Å². The second-order valence-electron chi connectivity index (χ2n) is 5.61. The number of imide groups is 1. The number of nitro benzene ring substituents is 1. The number of carbonyl (C=O) groups excluding carboxylic acids is 2. The summed E-state index contributed by atoms with van der Waals surface area (Å²) in [5.41, 5.74) is 0.321.